The van der Waals surface area contributed by atoms with Crippen LogP contribution in [0.5, 0.6) is 0 Å². The molecule has 0 saturated heterocycles. The molecule has 4 rings (SSSR count). The van der Waals surface area contributed by atoms with Crippen LogP contribution in [0.15, 0.2) is 18.2 Å². The smallest absolute Gasteiger partial charge is 0.226 e. The Bertz CT molecular complexity index is 574. The number of fused-ring (bicyclic) bond motifs is 1. The number of amides is 1. The minimum Gasteiger partial charge on any atom is -0.335 e. The molecular formula is C17H19F2NO. The van der Waals surface area contributed by atoms with Gasteiger partial charge in [-0.25, -0.2) is 8.78 Å². The SMILES string of the molecule is O=C(C1CC2CC2C1)N(Cc1ccc(F)cc1F)C1CC1. The van der Waals surface area contributed by atoms with Crippen LogP contribution in [0.4, 0.5) is 8.78 Å². The average Bonchev–Trinajstić information content (AvgIpc) is 3.37. The van der Waals surface area contributed by atoms with Gasteiger partial charge in [0.1, 0.15) is 11.6 Å². The largest absolute Gasteiger partial charge is 0.335 e. The van der Waals surface area contributed by atoms with Crippen LogP contribution in [0.1, 0.15) is 37.7 Å². The van der Waals surface area contributed by atoms with Crippen molar-refractivity contribution in [3.8, 4) is 0 Å². The van der Waals surface area contributed by atoms with Gasteiger partial charge in [0.25, 0.3) is 0 Å². The third-order valence-electron chi connectivity index (χ3n) is 5.22. The van der Waals surface area contributed by atoms with Gasteiger partial charge in [-0.2, -0.15) is 0 Å². The van der Waals surface area contributed by atoms with Gasteiger partial charge in [-0.3, -0.25) is 4.79 Å². The molecule has 3 saturated carbocycles. The number of carbonyl (C=O) groups is 1. The maximum absolute atomic E-state index is 13.8. The Hall–Kier alpha value is -1.45. The highest BCUT2D eigenvalue weighted by Gasteiger charge is 2.49. The zero-order valence-corrected chi connectivity index (χ0v) is 11.9. The van der Waals surface area contributed by atoms with E-state index in [9.17, 15) is 13.6 Å². The van der Waals surface area contributed by atoms with Crippen LogP contribution in [0, 0.1) is 29.4 Å². The Morgan fingerprint density at radius 3 is 2.48 bits per heavy atom. The van der Waals surface area contributed by atoms with Crippen molar-refractivity contribution in [2.24, 2.45) is 17.8 Å². The second-order valence-electron chi connectivity index (χ2n) is 6.86. The van der Waals surface area contributed by atoms with Crippen molar-refractivity contribution < 1.29 is 13.6 Å². The molecule has 0 bridgehead atoms. The minimum absolute atomic E-state index is 0.137. The van der Waals surface area contributed by atoms with E-state index in [0.29, 0.717) is 5.56 Å². The molecule has 0 heterocycles. The molecule has 2 nitrogen and oxygen atoms in total. The number of rotatable bonds is 4. The molecule has 0 radical (unpaired) electrons. The summed E-state index contributed by atoms with van der Waals surface area (Å²) in [4.78, 5) is 14.5. The van der Waals surface area contributed by atoms with Gasteiger partial charge in [0.2, 0.25) is 5.91 Å². The lowest BCUT2D eigenvalue weighted by atomic mass is 10.0. The number of nitrogens with zero attached hydrogens (tertiary/aromatic N) is 1. The summed E-state index contributed by atoms with van der Waals surface area (Å²) < 4.78 is 26.8. The van der Waals surface area contributed by atoms with Crippen molar-refractivity contribution >= 4 is 5.91 Å². The van der Waals surface area contributed by atoms with Gasteiger partial charge in [0.15, 0.2) is 0 Å². The van der Waals surface area contributed by atoms with Crippen molar-refractivity contribution in [3.63, 3.8) is 0 Å². The zero-order valence-electron chi connectivity index (χ0n) is 11.9. The Labute approximate surface area is 123 Å². The van der Waals surface area contributed by atoms with E-state index in [1.54, 1.807) is 0 Å². The molecule has 3 fully saturated rings. The number of benzene rings is 1. The molecule has 3 aliphatic rings. The summed E-state index contributed by atoms with van der Waals surface area (Å²) >= 11 is 0. The lowest BCUT2D eigenvalue weighted by molar-refractivity contribution is -0.137. The first-order chi connectivity index (χ1) is 10.1. The fourth-order valence-corrected chi connectivity index (χ4v) is 3.76. The minimum atomic E-state index is -0.573. The molecule has 21 heavy (non-hydrogen) atoms. The Morgan fingerprint density at radius 1 is 1.14 bits per heavy atom. The average molecular weight is 291 g/mol. The van der Waals surface area contributed by atoms with E-state index in [4.69, 9.17) is 0 Å². The van der Waals surface area contributed by atoms with Crippen LogP contribution in [0.3, 0.4) is 0 Å². The van der Waals surface area contributed by atoms with Crippen LogP contribution in [0.2, 0.25) is 0 Å². The van der Waals surface area contributed by atoms with Gasteiger partial charge in [-0.05, 0) is 50.0 Å². The molecule has 1 aromatic carbocycles. The molecule has 3 aliphatic carbocycles. The van der Waals surface area contributed by atoms with Crippen LogP contribution in [-0.2, 0) is 11.3 Å². The van der Waals surface area contributed by atoms with E-state index >= 15 is 0 Å². The normalized spacial score (nSPS) is 30.1. The van der Waals surface area contributed by atoms with Gasteiger partial charge in [-0.1, -0.05) is 6.07 Å². The maximum Gasteiger partial charge on any atom is 0.226 e. The second kappa shape index (κ2) is 4.79. The molecule has 112 valence electrons. The van der Waals surface area contributed by atoms with Crippen molar-refractivity contribution in [2.45, 2.75) is 44.7 Å². The van der Waals surface area contributed by atoms with Gasteiger partial charge in [0.05, 0.1) is 0 Å². The van der Waals surface area contributed by atoms with Crippen LogP contribution >= 0.6 is 0 Å². The highest BCUT2D eigenvalue weighted by Crippen LogP contribution is 2.55. The molecule has 0 N–H and O–H groups in total. The fourth-order valence-electron chi connectivity index (χ4n) is 3.76. The number of hydrogen-bond acceptors (Lipinski definition) is 1. The molecule has 2 unspecified atom stereocenters. The predicted octanol–water partition coefficient (Wildman–Crippen LogP) is 3.50. The van der Waals surface area contributed by atoms with Crippen molar-refractivity contribution in [3.05, 3.63) is 35.4 Å². The topological polar surface area (TPSA) is 20.3 Å². The van der Waals surface area contributed by atoms with E-state index in [-0.39, 0.29) is 24.4 Å². The molecule has 0 spiro atoms. The molecule has 4 heteroatoms. The molecule has 1 aromatic rings. The lowest BCUT2D eigenvalue weighted by Gasteiger charge is -2.26. The first kappa shape index (κ1) is 13.2. The number of carbonyl (C=O) groups excluding carboxylic acids is 1. The molecule has 2 atom stereocenters. The van der Waals surface area contributed by atoms with Gasteiger partial charge in [0, 0.05) is 30.1 Å². The third-order valence-corrected chi connectivity index (χ3v) is 5.22. The van der Waals surface area contributed by atoms with Gasteiger partial charge >= 0.3 is 0 Å². The molecule has 1 amide bonds. The van der Waals surface area contributed by atoms with E-state index in [1.165, 1.54) is 18.6 Å². The summed E-state index contributed by atoms with van der Waals surface area (Å²) in [6.45, 7) is 0.279. The summed E-state index contributed by atoms with van der Waals surface area (Å²) in [5, 5.41) is 0. The number of hydrogen-bond donors (Lipinski definition) is 0. The van der Waals surface area contributed by atoms with E-state index < -0.39 is 11.6 Å². The Kier molecular flexibility index (Phi) is 3.02. The van der Waals surface area contributed by atoms with Crippen LogP contribution < -0.4 is 0 Å². The van der Waals surface area contributed by atoms with E-state index in [1.807, 2.05) is 4.90 Å². The van der Waals surface area contributed by atoms with E-state index in [2.05, 4.69) is 0 Å². The third kappa shape index (κ3) is 2.56. The first-order valence-corrected chi connectivity index (χ1v) is 7.86. The predicted molar refractivity (Wildman–Crippen MR) is 74.3 cm³/mol. The first-order valence-electron chi connectivity index (χ1n) is 7.86. The fraction of sp³-hybridized carbons (Fsp3) is 0.588. The Balaban J connectivity index is 1.50. The maximum atomic E-state index is 13.8. The Morgan fingerprint density at radius 2 is 1.86 bits per heavy atom. The van der Waals surface area contributed by atoms with Crippen molar-refractivity contribution in [1.29, 1.82) is 0 Å². The lowest BCUT2D eigenvalue weighted by Crippen LogP contribution is -2.37. The van der Waals surface area contributed by atoms with Gasteiger partial charge in [-0.15, -0.1) is 0 Å². The molecule has 0 aromatic heterocycles. The molecule has 0 aliphatic heterocycles. The van der Waals surface area contributed by atoms with E-state index in [0.717, 1.165) is 43.6 Å². The number of halogens is 2. The van der Waals surface area contributed by atoms with Crippen LogP contribution in [-0.4, -0.2) is 16.8 Å². The molecular weight excluding hydrogens is 272 g/mol. The monoisotopic (exact) mass is 291 g/mol. The highest BCUT2D eigenvalue weighted by atomic mass is 19.1. The van der Waals surface area contributed by atoms with Crippen molar-refractivity contribution in [2.75, 3.05) is 0 Å². The summed E-state index contributed by atoms with van der Waals surface area (Å²) in [5.41, 5.74) is 0.416. The van der Waals surface area contributed by atoms with Crippen LogP contribution in [0.25, 0.3) is 0 Å². The quantitative estimate of drug-likeness (QED) is 0.831. The zero-order chi connectivity index (χ0) is 14.6. The van der Waals surface area contributed by atoms with Gasteiger partial charge < -0.3 is 4.90 Å². The summed E-state index contributed by atoms with van der Waals surface area (Å²) in [7, 11) is 0. The summed E-state index contributed by atoms with van der Waals surface area (Å²) in [6, 6.07) is 3.88. The highest BCUT2D eigenvalue weighted by molar-refractivity contribution is 5.80. The summed E-state index contributed by atoms with van der Waals surface area (Å²) in [6.07, 6.45) is 5.33. The second-order valence-corrected chi connectivity index (χ2v) is 6.86. The standard InChI is InChI=1S/C17H19F2NO/c18-14-2-1-10(16(19)8-14)9-20(15-3-4-15)17(21)13-6-11-5-12(11)7-13/h1-2,8,11-13,15H,3-7,9H2. The summed E-state index contributed by atoms with van der Waals surface area (Å²) in [5.74, 6) is 0.732. The van der Waals surface area contributed by atoms with Crippen molar-refractivity contribution in [1.82, 2.24) is 4.90 Å².